The predicted octanol–water partition coefficient (Wildman–Crippen LogP) is 1.99. The fraction of sp³-hybridized carbons (Fsp3) is 0.167. The minimum absolute atomic E-state index is 0.00532. The third-order valence-corrected chi connectivity index (χ3v) is 3.76. The number of hydrogen-bond donors (Lipinski definition) is 1. The second-order valence-corrected chi connectivity index (χ2v) is 5.70. The first kappa shape index (κ1) is 13.3. The molecule has 0 aliphatic heterocycles. The number of aryl methyl sites for hydroxylation is 1. The molecule has 0 saturated carbocycles. The van der Waals surface area contributed by atoms with Crippen LogP contribution in [-0.4, -0.2) is 19.4 Å². The van der Waals surface area contributed by atoms with Gasteiger partial charge >= 0.3 is 0 Å². The predicted molar refractivity (Wildman–Crippen MR) is 68.5 cm³/mol. The molecule has 0 fully saturated rings. The summed E-state index contributed by atoms with van der Waals surface area (Å²) in [4.78, 5) is 11.2. The summed E-state index contributed by atoms with van der Waals surface area (Å²) in [6.07, 6.45) is 0. The van der Waals surface area contributed by atoms with E-state index in [4.69, 9.17) is 4.52 Å². The smallest absolute Gasteiger partial charge is 0.264 e. The lowest BCUT2D eigenvalue weighted by atomic mass is 10.2. The lowest BCUT2D eigenvalue weighted by Crippen LogP contribution is -2.13. The molecule has 2 rings (SSSR count). The molecule has 6 nitrogen and oxygen atoms in total. The van der Waals surface area contributed by atoms with Gasteiger partial charge in [0.15, 0.2) is 5.78 Å². The van der Waals surface area contributed by atoms with Gasteiger partial charge in [0.2, 0.25) is 5.88 Å². The summed E-state index contributed by atoms with van der Waals surface area (Å²) in [5, 5.41) is 3.58. The third kappa shape index (κ3) is 3.00. The fourth-order valence-electron chi connectivity index (χ4n) is 1.49. The van der Waals surface area contributed by atoms with Crippen LogP contribution in [0.15, 0.2) is 39.8 Å². The van der Waals surface area contributed by atoms with Crippen molar-refractivity contribution in [2.24, 2.45) is 0 Å². The molecule has 100 valence electrons. The van der Waals surface area contributed by atoms with Crippen molar-refractivity contribution >= 4 is 21.7 Å². The highest BCUT2D eigenvalue weighted by Crippen LogP contribution is 2.17. The molecule has 2 aromatic rings. The Hall–Kier alpha value is -2.15. The zero-order valence-corrected chi connectivity index (χ0v) is 11.2. The van der Waals surface area contributed by atoms with Gasteiger partial charge in [0, 0.05) is 11.6 Å². The number of ketones is 1. The van der Waals surface area contributed by atoms with Gasteiger partial charge in [-0.3, -0.25) is 4.79 Å². The molecule has 19 heavy (non-hydrogen) atoms. The quantitative estimate of drug-likeness (QED) is 0.865. The van der Waals surface area contributed by atoms with E-state index in [1.165, 1.54) is 31.2 Å². The largest absolute Gasteiger partial charge is 0.338 e. The Morgan fingerprint density at radius 2 is 2.05 bits per heavy atom. The molecule has 0 aliphatic rings. The molecule has 1 aromatic carbocycles. The molecule has 7 heteroatoms. The number of hydrogen-bond acceptors (Lipinski definition) is 5. The average Bonchev–Trinajstić information content (AvgIpc) is 2.74. The SMILES string of the molecule is CC(=O)c1cccc(S(=O)(=O)Nc2cc(C)no2)c1. The van der Waals surface area contributed by atoms with Crippen molar-refractivity contribution in [3.8, 4) is 0 Å². The highest BCUT2D eigenvalue weighted by Gasteiger charge is 2.17. The van der Waals surface area contributed by atoms with Crippen LogP contribution in [-0.2, 0) is 10.0 Å². The maximum Gasteiger partial charge on any atom is 0.264 e. The number of nitrogens with zero attached hydrogens (tertiary/aromatic N) is 1. The maximum absolute atomic E-state index is 12.1. The summed E-state index contributed by atoms with van der Waals surface area (Å²) < 4.78 is 31.2. The van der Waals surface area contributed by atoms with Crippen molar-refractivity contribution in [3.05, 3.63) is 41.6 Å². The number of Topliss-reactive ketones (excluding diaryl/α,β-unsaturated/α-hetero) is 1. The summed E-state index contributed by atoms with van der Waals surface area (Å²) in [6.45, 7) is 3.05. The standard InChI is InChI=1S/C12H12N2O4S/c1-8-6-12(18-13-8)14-19(16,17)11-5-3-4-10(7-11)9(2)15/h3-7,14H,1-2H3. The van der Waals surface area contributed by atoms with Gasteiger partial charge in [0.05, 0.1) is 10.6 Å². The number of aromatic nitrogens is 1. The van der Waals surface area contributed by atoms with Gasteiger partial charge in [-0.1, -0.05) is 17.3 Å². The lowest BCUT2D eigenvalue weighted by molar-refractivity contribution is 0.101. The van der Waals surface area contributed by atoms with Crippen LogP contribution in [0.1, 0.15) is 23.0 Å². The fourth-order valence-corrected chi connectivity index (χ4v) is 2.50. The van der Waals surface area contributed by atoms with E-state index >= 15 is 0 Å². The van der Waals surface area contributed by atoms with Gasteiger partial charge in [0.25, 0.3) is 10.0 Å². The molecule has 1 aromatic heterocycles. The molecular formula is C12H12N2O4S. The summed E-state index contributed by atoms with van der Waals surface area (Å²) >= 11 is 0. The van der Waals surface area contributed by atoms with Crippen LogP contribution in [0.4, 0.5) is 5.88 Å². The second-order valence-electron chi connectivity index (χ2n) is 4.02. The molecule has 0 atom stereocenters. The van der Waals surface area contributed by atoms with E-state index in [0.29, 0.717) is 11.3 Å². The van der Waals surface area contributed by atoms with E-state index in [-0.39, 0.29) is 16.6 Å². The molecular weight excluding hydrogens is 268 g/mol. The Kier molecular flexibility index (Phi) is 3.39. The number of carbonyl (C=O) groups excluding carboxylic acids is 1. The first-order valence-electron chi connectivity index (χ1n) is 5.45. The molecule has 0 radical (unpaired) electrons. The van der Waals surface area contributed by atoms with Gasteiger partial charge in [0.1, 0.15) is 0 Å². The molecule has 0 bridgehead atoms. The number of carbonyl (C=O) groups is 1. The molecule has 0 unspecified atom stereocenters. The normalized spacial score (nSPS) is 11.3. The van der Waals surface area contributed by atoms with Gasteiger partial charge in [-0.15, -0.1) is 0 Å². The van der Waals surface area contributed by atoms with E-state index < -0.39 is 10.0 Å². The molecule has 0 aliphatic carbocycles. The van der Waals surface area contributed by atoms with Crippen molar-refractivity contribution in [1.29, 1.82) is 0 Å². The van der Waals surface area contributed by atoms with E-state index in [2.05, 4.69) is 9.88 Å². The highest BCUT2D eigenvalue weighted by molar-refractivity contribution is 7.92. The molecule has 1 heterocycles. The number of anilines is 1. The third-order valence-electron chi connectivity index (χ3n) is 2.41. The maximum atomic E-state index is 12.1. The monoisotopic (exact) mass is 280 g/mol. The summed E-state index contributed by atoms with van der Waals surface area (Å²) in [5.74, 6) is -0.168. The second kappa shape index (κ2) is 4.85. The van der Waals surface area contributed by atoms with Crippen LogP contribution in [0.25, 0.3) is 0 Å². The van der Waals surface area contributed by atoms with E-state index in [0.717, 1.165) is 0 Å². The highest BCUT2D eigenvalue weighted by atomic mass is 32.2. The van der Waals surface area contributed by atoms with Crippen molar-refractivity contribution in [2.45, 2.75) is 18.7 Å². The zero-order chi connectivity index (χ0) is 14.0. The van der Waals surface area contributed by atoms with Crippen molar-refractivity contribution < 1.29 is 17.7 Å². The van der Waals surface area contributed by atoms with Crippen LogP contribution < -0.4 is 4.72 Å². The molecule has 0 saturated heterocycles. The Balaban J connectivity index is 2.34. The number of sulfonamides is 1. The first-order chi connectivity index (χ1) is 8.88. The van der Waals surface area contributed by atoms with Gasteiger partial charge in [-0.2, -0.15) is 0 Å². The number of rotatable bonds is 4. The Labute approximate surface area is 110 Å². The van der Waals surface area contributed by atoms with Crippen molar-refractivity contribution in [3.63, 3.8) is 0 Å². The summed E-state index contributed by atoms with van der Waals surface area (Å²) in [6, 6.07) is 7.25. The lowest BCUT2D eigenvalue weighted by Gasteiger charge is -2.05. The average molecular weight is 280 g/mol. The van der Waals surface area contributed by atoms with Crippen LogP contribution in [0.3, 0.4) is 0 Å². The Bertz CT molecular complexity index is 719. The molecule has 1 N–H and O–H groups in total. The van der Waals surface area contributed by atoms with Crippen molar-refractivity contribution in [1.82, 2.24) is 5.16 Å². The minimum atomic E-state index is -3.79. The molecule has 0 spiro atoms. The van der Waals surface area contributed by atoms with Crippen LogP contribution in [0.2, 0.25) is 0 Å². The number of benzene rings is 1. The van der Waals surface area contributed by atoms with E-state index in [9.17, 15) is 13.2 Å². The summed E-state index contributed by atoms with van der Waals surface area (Å²) in [7, 11) is -3.79. The van der Waals surface area contributed by atoms with Gasteiger partial charge in [-0.25, -0.2) is 13.1 Å². The summed E-state index contributed by atoms with van der Waals surface area (Å²) in [5.41, 5.74) is 0.895. The zero-order valence-electron chi connectivity index (χ0n) is 10.4. The van der Waals surface area contributed by atoms with E-state index in [1.807, 2.05) is 0 Å². The number of nitrogens with one attached hydrogen (secondary N) is 1. The first-order valence-corrected chi connectivity index (χ1v) is 6.94. The van der Waals surface area contributed by atoms with Crippen LogP contribution >= 0.6 is 0 Å². The minimum Gasteiger partial charge on any atom is -0.338 e. The Morgan fingerprint density at radius 3 is 2.63 bits per heavy atom. The van der Waals surface area contributed by atoms with E-state index in [1.54, 1.807) is 13.0 Å². The van der Waals surface area contributed by atoms with Crippen LogP contribution in [0.5, 0.6) is 0 Å². The van der Waals surface area contributed by atoms with Gasteiger partial charge < -0.3 is 4.52 Å². The van der Waals surface area contributed by atoms with Crippen LogP contribution in [0, 0.1) is 6.92 Å². The Morgan fingerprint density at radius 1 is 1.32 bits per heavy atom. The topological polar surface area (TPSA) is 89.3 Å². The molecule has 0 amide bonds. The van der Waals surface area contributed by atoms with Gasteiger partial charge in [-0.05, 0) is 26.0 Å². The van der Waals surface area contributed by atoms with Crippen molar-refractivity contribution in [2.75, 3.05) is 4.72 Å².